The molecule has 1 aromatic heterocycles. The van der Waals surface area contributed by atoms with Crippen LogP contribution in [-0.2, 0) is 16.0 Å². The van der Waals surface area contributed by atoms with Gasteiger partial charge in [0.25, 0.3) is 5.91 Å². The number of aryl methyl sites for hydroxylation is 1. The van der Waals surface area contributed by atoms with Crippen LogP contribution in [0.25, 0.3) is 0 Å². The summed E-state index contributed by atoms with van der Waals surface area (Å²) < 4.78 is 15.9. The second-order valence-electron chi connectivity index (χ2n) is 6.17. The molecule has 0 atom stereocenters. The van der Waals surface area contributed by atoms with Gasteiger partial charge in [0.15, 0.2) is 23.9 Å². The SMILES string of the molecule is CCOC(=O)c1c(NC(=O)COc2ccc(C(C)=O)cc2OC)sc(C)c1CC. The van der Waals surface area contributed by atoms with Gasteiger partial charge in [0, 0.05) is 10.4 Å². The van der Waals surface area contributed by atoms with Crippen LogP contribution in [-0.4, -0.2) is 38.0 Å². The highest BCUT2D eigenvalue weighted by Gasteiger charge is 2.23. The van der Waals surface area contributed by atoms with Crippen LogP contribution >= 0.6 is 11.3 Å². The summed E-state index contributed by atoms with van der Waals surface area (Å²) in [7, 11) is 1.46. The smallest absolute Gasteiger partial charge is 0.341 e. The summed E-state index contributed by atoms with van der Waals surface area (Å²) in [5.74, 6) is -0.268. The molecule has 8 heteroatoms. The Labute approximate surface area is 174 Å². The number of hydrogen-bond acceptors (Lipinski definition) is 7. The second-order valence-corrected chi connectivity index (χ2v) is 7.40. The van der Waals surface area contributed by atoms with Gasteiger partial charge in [-0.3, -0.25) is 9.59 Å². The van der Waals surface area contributed by atoms with Crippen LogP contribution in [0, 0.1) is 6.92 Å². The Morgan fingerprint density at radius 1 is 1.14 bits per heavy atom. The van der Waals surface area contributed by atoms with Crippen LogP contribution in [0.4, 0.5) is 5.00 Å². The molecule has 156 valence electrons. The zero-order chi connectivity index (χ0) is 21.6. The van der Waals surface area contributed by atoms with Gasteiger partial charge in [0.1, 0.15) is 5.00 Å². The molecule has 0 saturated carbocycles. The number of Topliss-reactive ketones (excluding diaryl/α,β-unsaturated/α-hetero) is 1. The fourth-order valence-corrected chi connectivity index (χ4v) is 3.97. The van der Waals surface area contributed by atoms with E-state index in [9.17, 15) is 14.4 Å². The summed E-state index contributed by atoms with van der Waals surface area (Å²) in [6.45, 7) is 7.01. The van der Waals surface area contributed by atoms with Crippen molar-refractivity contribution in [2.45, 2.75) is 34.1 Å². The Morgan fingerprint density at radius 3 is 2.45 bits per heavy atom. The van der Waals surface area contributed by atoms with Crippen molar-refractivity contribution >= 4 is 34.0 Å². The molecule has 2 aromatic rings. The molecule has 0 unspecified atom stereocenters. The molecule has 0 aliphatic carbocycles. The zero-order valence-electron chi connectivity index (χ0n) is 17.2. The van der Waals surface area contributed by atoms with Gasteiger partial charge in [-0.15, -0.1) is 11.3 Å². The minimum atomic E-state index is -0.452. The molecule has 7 nitrogen and oxygen atoms in total. The highest BCUT2D eigenvalue weighted by molar-refractivity contribution is 7.16. The van der Waals surface area contributed by atoms with E-state index >= 15 is 0 Å². The van der Waals surface area contributed by atoms with E-state index in [1.807, 2.05) is 13.8 Å². The first-order valence-corrected chi connectivity index (χ1v) is 10.0. The second kappa shape index (κ2) is 10.1. The molecule has 2 rings (SSSR count). The van der Waals surface area contributed by atoms with Crippen molar-refractivity contribution in [3.8, 4) is 11.5 Å². The molecule has 1 N–H and O–H groups in total. The normalized spacial score (nSPS) is 10.4. The molecular weight excluding hydrogens is 394 g/mol. The summed E-state index contributed by atoms with van der Waals surface area (Å²) in [4.78, 5) is 37.2. The Bertz CT molecular complexity index is 918. The maximum Gasteiger partial charge on any atom is 0.341 e. The van der Waals surface area contributed by atoms with Crippen molar-refractivity contribution in [1.29, 1.82) is 0 Å². The number of hydrogen-bond donors (Lipinski definition) is 1. The number of esters is 1. The summed E-state index contributed by atoms with van der Waals surface area (Å²) in [6.07, 6.45) is 0.655. The van der Waals surface area contributed by atoms with Gasteiger partial charge in [0.05, 0.1) is 19.3 Å². The molecule has 0 aliphatic heterocycles. The van der Waals surface area contributed by atoms with Crippen molar-refractivity contribution in [2.24, 2.45) is 0 Å². The summed E-state index contributed by atoms with van der Waals surface area (Å²) in [5, 5.41) is 3.19. The average Bonchev–Trinajstić information content (AvgIpc) is 3.00. The number of ether oxygens (including phenoxy) is 3. The summed E-state index contributed by atoms with van der Waals surface area (Å²) in [6, 6.07) is 4.75. The Morgan fingerprint density at radius 2 is 1.86 bits per heavy atom. The minimum absolute atomic E-state index is 0.0983. The number of carbonyl (C=O) groups excluding carboxylic acids is 3. The van der Waals surface area contributed by atoms with Crippen molar-refractivity contribution < 1.29 is 28.6 Å². The van der Waals surface area contributed by atoms with Crippen LogP contribution in [0.1, 0.15) is 51.9 Å². The van der Waals surface area contributed by atoms with Gasteiger partial charge in [-0.1, -0.05) is 6.92 Å². The van der Waals surface area contributed by atoms with E-state index in [0.717, 1.165) is 10.4 Å². The molecule has 0 saturated heterocycles. The van der Waals surface area contributed by atoms with Crippen LogP contribution in [0.5, 0.6) is 11.5 Å². The number of ketones is 1. The average molecular weight is 419 g/mol. The minimum Gasteiger partial charge on any atom is -0.493 e. The van der Waals surface area contributed by atoms with Gasteiger partial charge in [0.2, 0.25) is 0 Å². The third-order valence-electron chi connectivity index (χ3n) is 4.22. The van der Waals surface area contributed by atoms with Gasteiger partial charge >= 0.3 is 5.97 Å². The third kappa shape index (κ3) is 5.35. The zero-order valence-corrected chi connectivity index (χ0v) is 18.0. The van der Waals surface area contributed by atoms with Crippen molar-refractivity contribution in [3.63, 3.8) is 0 Å². The van der Waals surface area contributed by atoms with E-state index in [2.05, 4.69) is 5.32 Å². The van der Waals surface area contributed by atoms with E-state index in [4.69, 9.17) is 14.2 Å². The van der Waals surface area contributed by atoms with Gasteiger partial charge in [-0.05, 0) is 51.0 Å². The highest BCUT2D eigenvalue weighted by Crippen LogP contribution is 2.34. The molecule has 0 radical (unpaired) electrons. The van der Waals surface area contributed by atoms with Crippen molar-refractivity contribution in [1.82, 2.24) is 0 Å². The van der Waals surface area contributed by atoms with E-state index in [1.54, 1.807) is 25.1 Å². The predicted octanol–water partition coefficient (Wildman–Crippen LogP) is 4.02. The predicted molar refractivity (Wildman–Crippen MR) is 112 cm³/mol. The molecule has 1 amide bonds. The highest BCUT2D eigenvalue weighted by atomic mass is 32.1. The first-order chi connectivity index (χ1) is 13.8. The number of benzene rings is 1. The van der Waals surface area contributed by atoms with Gasteiger partial charge < -0.3 is 19.5 Å². The van der Waals surface area contributed by atoms with Crippen molar-refractivity contribution in [3.05, 3.63) is 39.8 Å². The third-order valence-corrected chi connectivity index (χ3v) is 5.29. The number of carbonyl (C=O) groups is 3. The largest absolute Gasteiger partial charge is 0.493 e. The number of amides is 1. The molecule has 0 spiro atoms. The topological polar surface area (TPSA) is 90.9 Å². The Hall–Kier alpha value is -2.87. The number of methoxy groups -OCH3 is 1. The molecule has 1 aromatic carbocycles. The first kappa shape index (κ1) is 22.4. The molecule has 29 heavy (non-hydrogen) atoms. The van der Waals surface area contributed by atoms with Crippen LogP contribution < -0.4 is 14.8 Å². The Balaban J connectivity index is 2.14. The lowest BCUT2D eigenvalue weighted by molar-refractivity contribution is -0.118. The number of rotatable bonds is 9. The van der Waals surface area contributed by atoms with Crippen LogP contribution in [0.15, 0.2) is 18.2 Å². The monoisotopic (exact) mass is 419 g/mol. The fraction of sp³-hybridized carbons (Fsp3) is 0.381. The van der Waals surface area contributed by atoms with E-state index in [1.165, 1.54) is 25.4 Å². The fourth-order valence-electron chi connectivity index (χ4n) is 2.82. The number of thiophene rings is 1. The lowest BCUT2D eigenvalue weighted by atomic mass is 10.1. The molecular formula is C21H25NO6S. The molecule has 0 bridgehead atoms. The molecule has 0 fully saturated rings. The molecule has 0 aliphatic rings. The van der Waals surface area contributed by atoms with E-state index in [0.29, 0.717) is 34.0 Å². The van der Waals surface area contributed by atoms with Crippen LogP contribution in [0.3, 0.4) is 0 Å². The van der Waals surface area contributed by atoms with E-state index in [-0.39, 0.29) is 19.0 Å². The maximum atomic E-state index is 12.4. The lowest BCUT2D eigenvalue weighted by Gasteiger charge is -2.12. The molecule has 1 heterocycles. The summed E-state index contributed by atoms with van der Waals surface area (Å²) in [5.41, 5.74) is 1.75. The van der Waals surface area contributed by atoms with Gasteiger partial charge in [-0.25, -0.2) is 4.79 Å². The number of nitrogens with one attached hydrogen (secondary N) is 1. The van der Waals surface area contributed by atoms with Gasteiger partial charge in [-0.2, -0.15) is 0 Å². The Kier molecular flexibility index (Phi) is 7.78. The standard InChI is InChI=1S/C21H25NO6S/c1-6-15-13(4)29-20(19(15)21(25)27-7-2)22-18(24)11-28-16-9-8-14(12(3)23)10-17(16)26-5/h8-10H,6-7,11H2,1-5H3,(H,22,24). The lowest BCUT2D eigenvalue weighted by Crippen LogP contribution is -2.21. The quantitative estimate of drug-likeness (QED) is 0.488. The van der Waals surface area contributed by atoms with Crippen LogP contribution in [0.2, 0.25) is 0 Å². The first-order valence-electron chi connectivity index (χ1n) is 9.23. The van der Waals surface area contributed by atoms with E-state index < -0.39 is 11.9 Å². The number of anilines is 1. The maximum absolute atomic E-state index is 12.4. The summed E-state index contributed by atoms with van der Waals surface area (Å²) >= 11 is 1.33. The van der Waals surface area contributed by atoms with Crippen molar-refractivity contribution in [2.75, 3.05) is 25.6 Å².